The van der Waals surface area contributed by atoms with E-state index >= 15 is 0 Å². The predicted octanol–water partition coefficient (Wildman–Crippen LogP) is 2.23. The Labute approximate surface area is 127 Å². The van der Waals surface area contributed by atoms with E-state index in [1.807, 2.05) is 48.5 Å². The van der Waals surface area contributed by atoms with Gasteiger partial charge >= 0.3 is 0 Å². The van der Waals surface area contributed by atoms with Crippen molar-refractivity contribution < 1.29 is 0 Å². The van der Waals surface area contributed by atoms with Crippen molar-refractivity contribution in [2.24, 2.45) is 0 Å². The Balaban J connectivity index is 2.20. The zero-order chi connectivity index (χ0) is 14.1. The van der Waals surface area contributed by atoms with Crippen LogP contribution in [-0.2, 0) is 0 Å². The number of aromatic amines is 1. The maximum Gasteiger partial charge on any atom is 0.279 e. The lowest BCUT2D eigenvalue weighted by atomic mass is 10.3. The van der Waals surface area contributed by atoms with Crippen molar-refractivity contribution in [2.75, 3.05) is 0 Å². The molecule has 0 atom stereocenters. The zero-order valence-electron chi connectivity index (χ0n) is 10.5. The number of thiophene rings is 1. The molecular formula is C15H11BrN2OS. The summed E-state index contributed by atoms with van der Waals surface area (Å²) in [5, 5.41) is 4.21. The summed E-state index contributed by atoms with van der Waals surface area (Å²) >= 11 is 4.99. The quantitative estimate of drug-likeness (QED) is 0.759. The Morgan fingerprint density at radius 2 is 1.95 bits per heavy atom. The van der Waals surface area contributed by atoms with E-state index in [0.29, 0.717) is 10.6 Å². The summed E-state index contributed by atoms with van der Waals surface area (Å²) in [4.78, 5) is 13.5. The summed E-state index contributed by atoms with van der Waals surface area (Å²) < 4.78 is 2.55. The Morgan fingerprint density at radius 1 is 1.20 bits per heavy atom. The second-order valence-corrected chi connectivity index (χ2v) is 6.76. The van der Waals surface area contributed by atoms with Crippen LogP contribution in [0.25, 0.3) is 18.3 Å². The lowest BCUT2D eigenvalue weighted by Crippen LogP contribution is -2.33. The topological polar surface area (TPSA) is 37.8 Å². The molecule has 2 aromatic heterocycles. The molecule has 2 heterocycles. The number of para-hydroxylation sites is 1. The van der Waals surface area contributed by atoms with Crippen LogP contribution in [0.1, 0.15) is 4.88 Å². The van der Waals surface area contributed by atoms with Crippen molar-refractivity contribution in [3.05, 3.63) is 72.0 Å². The number of aromatic nitrogens is 2. The minimum absolute atomic E-state index is 0.0919. The first kappa shape index (κ1) is 13.1. The first-order valence-electron chi connectivity index (χ1n) is 5.97. The van der Waals surface area contributed by atoms with Crippen LogP contribution in [-0.4, -0.2) is 9.78 Å². The van der Waals surface area contributed by atoms with Crippen molar-refractivity contribution in [3.8, 4) is 5.69 Å². The molecule has 0 unspecified atom stereocenters. The molecule has 0 saturated heterocycles. The molecule has 0 aliphatic rings. The smallest absolute Gasteiger partial charge is 0.279 e. The van der Waals surface area contributed by atoms with Gasteiger partial charge in [0.25, 0.3) is 5.56 Å². The monoisotopic (exact) mass is 346 g/mol. The van der Waals surface area contributed by atoms with Gasteiger partial charge in [-0.25, -0.2) is 4.68 Å². The number of nitrogens with zero attached hydrogens (tertiary/aromatic N) is 1. The Kier molecular flexibility index (Phi) is 3.46. The van der Waals surface area contributed by atoms with Gasteiger partial charge < -0.3 is 0 Å². The summed E-state index contributed by atoms with van der Waals surface area (Å²) in [5.74, 6) is 0. The summed E-state index contributed by atoms with van der Waals surface area (Å²) in [7, 11) is 0. The lowest BCUT2D eigenvalue weighted by molar-refractivity contribution is 0.838. The van der Waals surface area contributed by atoms with Crippen LogP contribution in [0.4, 0.5) is 0 Å². The molecule has 3 nitrogen and oxygen atoms in total. The summed E-state index contributed by atoms with van der Waals surface area (Å²) in [5.41, 5.74) is 0.708. The van der Waals surface area contributed by atoms with E-state index in [4.69, 9.17) is 0 Å². The highest BCUT2D eigenvalue weighted by Gasteiger charge is 2.04. The SMILES string of the molecule is C=c1[nH]n(-c2ccccc2)c(=O)c1=Cc1ccc(Br)s1. The van der Waals surface area contributed by atoms with E-state index in [2.05, 4.69) is 27.6 Å². The fourth-order valence-electron chi connectivity index (χ4n) is 1.95. The first-order chi connectivity index (χ1) is 9.65. The molecule has 1 N–H and O–H groups in total. The molecule has 0 aliphatic carbocycles. The molecule has 0 saturated carbocycles. The minimum atomic E-state index is -0.0919. The average Bonchev–Trinajstić information content (AvgIpc) is 2.98. The number of hydrogen-bond acceptors (Lipinski definition) is 2. The second-order valence-electron chi connectivity index (χ2n) is 4.27. The van der Waals surface area contributed by atoms with Gasteiger partial charge in [0.05, 0.1) is 20.0 Å². The summed E-state index contributed by atoms with van der Waals surface area (Å²) in [6.45, 7) is 3.92. The molecule has 0 spiro atoms. The largest absolute Gasteiger partial charge is 0.291 e. The molecule has 5 heteroatoms. The van der Waals surface area contributed by atoms with Crippen LogP contribution in [0.15, 0.2) is 51.0 Å². The van der Waals surface area contributed by atoms with Crippen LogP contribution in [0, 0.1) is 0 Å². The number of hydrogen-bond donors (Lipinski definition) is 1. The second kappa shape index (κ2) is 5.26. The van der Waals surface area contributed by atoms with Crippen LogP contribution >= 0.6 is 27.3 Å². The van der Waals surface area contributed by atoms with Gasteiger partial charge in [-0.15, -0.1) is 11.3 Å². The van der Waals surface area contributed by atoms with Gasteiger partial charge in [0.15, 0.2) is 0 Å². The van der Waals surface area contributed by atoms with Gasteiger partial charge in [-0.2, -0.15) is 0 Å². The van der Waals surface area contributed by atoms with Crippen LogP contribution < -0.4 is 16.1 Å². The average molecular weight is 347 g/mol. The van der Waals surface area contributed by atoms with Crippen molar-refractivity contribution in [2.45, 2.75) is 0 Å². The van der Waals surface area contributed by atoms with Crippen molar-refractivity contribution in [3.63, 3.8) is 0 Å². The van der Waals surface area contributed by atoms with Crippen LogP contribution in [0.2, 0.25) is 0 Å². The fraction of sp³-hybridized carbons (Fsp3) is 0. The fourth-order valence-corrected chi connectivity index (χ4v) is 3.32. The van der Waals surface area contributed by atoms with Gasteiger partial charge in [-0.3, -0.25) is 9.89 Å². The Bertz CT molecular complexity index is 905. The third-order valence-corrected chi connectivity index (χ3v) is 4.47. The van der Waals surface area contributed by atoms with Crippen molar-refractivity contribution >= 4 is 39.9 Å². The number of rotatable bonds is 2. The Morgan fingerprint density at radius 3 is 2.60 bits per heavy atom. The zero-order valence-corrected chi connectivity index (χ0v) is 12.9. The Hall–Kier alpha value is -1.85. The third-order valence-electron chi connectivity index (χ3n) is 2.90. The maximum atomic E-state index is 12.5. The van der Waals surface area contributed by atoms with Gasteiger partial charge in [-0.05, 0) is 46.3 Å². The summed E-state index contributed by atoms with van der Waals surface area (Å²) in [6, 6.07) is 13.4. The first-order valence-corrected chi connectivity index (χ1v) is 7.58. The molecular weight excluding hydrogens is 336 g/mol. The standard InChI is InChI=1S/C15H11BrN2OS/c1-10-13(9-12-7-8-14(16)20-12)15(19)18(17-10)11-5-3-2-4-6-11/h2-9,17H,1H2. The number of nitrogens with one attached hydrogen (secondary N) is 1. The van der Waals surface area contributed by atoms with Gasteiger partial charge in [0.1, 0.15) is 0 Å². The molecule has 3 rings (SSSR count). The highest BCUT2D eigenvalue weighted by atomic mass is 79.9. The van der Waals surface area contributed by atoms with Crippen LogP contribution in [0.5, 0.6) is 0 Å². The molecule has 3 aromatic rings. The highest BCUT2D eigenvalue weighted by Crippen LogP contribution is 2.22. The van der Waals surface area contributed by atoms with E-state index in [1.54, 1.807) is 11.3 Å². The molecule has 0 bridgehead atoms. The van der Waals surface area contributed by atoms with E-state index in [0.717, 1.165) is 14.4 Å². The molecule has 0 amide bonds. The summed E-state index contributed by atoms with van der Waals surface area (Å²) in [6.07, 6.45) is 1.86. The van der Waals surface area contributed by atoms with E-state index in [-0.39, 0.29) is 5.56 Å². The maximum absolute atomic E-state index is 12.5. The van der Waals surface area contributed by atoms with Gasteiger partial charge in [0, 0.05) is 4.88 Å². The molecule has 0 radical (unpaired) electrons. The van der Waals surface area contributed by atoms with Crippen molar-refractivity contribution in [1.82, 2.24) is 9.78 Å². The minimum Gasteiger partial charge on any atom is -0.291 e. The molecule has 1 aromatic carbocycles. The lowest BCUT2D eigenvalue weighted by Gasteiger charge is -1.98. The number of benzene rings is 1. The molecule has 20 heavy (non-hydrogen) atoms. The third kappa shape index (κ3) is 2.42. The molecule has 100 valence electrons. The van der Waals surface area contributed by atoms with Gasteiger partial charge in [-0.1, -0.05) is 24.8 Å². The molecule has 0 aliphatic heterocycles. The van der Waals surface area contributed by atoms with E-state index < -0.39 is 0 Å². The van der Waals surface area contributed by atoms with Crippen molar-refractivity contribution in [1.29, 1.82) is 0 Å². The predicted molar refractivity (Wildman–Crippen MR) is 86.7 cm³/mol. The highest BCUT2D eigenvalue weighted by molar-refractivity contribution is 9.11. The van der Waals surface area contributed by atoms with E-state index in [9.17, 15) is 4.79 Å². The molecule has 0 fully saturated rings. The number of H-pyrrole nitrogens is 1. The number of halogens is 1. The van der Waals surface area contributed by atoms with Gasteiger partial charge in [0.2, 0.25) is 0 Å². The normalized spacial score (nSPS) is 11.9. The van der Waals surface area contributed by atoms with E-state index in [1.165, 1.54) is 4.68 Å². The van der Waals surface area contributed by atoms with Crippen LogP contribution in [0.3, 0.4) is 0 Å².